The lowest BCUT2D eigenvalue weighted by Crippen LogP contribution is -2.31. The van der Waals surface area contributed by atoms with Crippen molar-refractivity contribution in [1.29, 1.82) is 0 Å². The van der Waals surface area contributed by atoms with Crippen molar-refractivity contribution >= 4 is 5.91 Å². The van der Waals surface area contributed by atoms with Gasteiger partial charge in [0.2, 0.25) is 5.91 Å². The van der Waals surface area contributed by atoms with Crippen molar-refractivity contribution < 1.29 is 4.79 Å². The van der Waals surface area contributed by atoms with Gasteiger partial charge in [0.05, 0.1) is 0 Å². The summed E-state index contributed by atoms with van der Waals surface area (Å²) in [4.78, 5) is 11.4. The number of nitrogens with one attached hydrogen (secondary N) is 1. The summed E-state index contributed by atoms with van der Waals surface area (Å²) < 4.78 is 0. The topological polar surface area (TPSA) is 29.1 Å². The van der Waals surface area contributed by atoms with Crippen LogP contribution in [0, 0.1) is 5.92 Å². The average molecular weight is 227 g/mol. The van der Waals surface area contributed by atoms with Crippen LogP contribution in [0.4, 0.5) is 0 Å². The van der Waals surface area contributed by atoms with Gasteiger partial charge in [-0.2, -0.15) is 0 Å². The van der Waals surface area contributed by atoms with Crippen molar-refractivity contribution in [3.8, 4) is 0 Å². The Bertz CT molecular complexity index is 178. The largest absolute Gasteiger partial charge is 0.354 e. The van der Waals surface area contributed by atoms with Crippen LogP contribution in [-0.2, 0) is 4.79 Å². The number of carbonyl (C=O) groups is 1. The molecule has 0 aliphatic rings. The van der Waals surface area contributed by atoms with E-state index in [1.165, 1.54) is 25.7 Å². The van der Waals surface area contributed by atoms with E-state index in [0.717, 1.165) is 18.8 Å². The fourth-order valence-electron chi connectivity index (χ4n) is 1.64. The summed E-state index contributed by atoms with van der Waals surface area (Å²) in [5.74, 6) is 1.03. The molecular formula is C14H29NO. The van der Waals surface area contributed by atoms with Gasteiger partial charge in [-0.15, -0.1) is 0 Å². The van der Waals surface area contributed by atoms with Gasteiger partial charge in [-0.1, -0.05) is 46.5 Å². The molecule has 1 atom stereocenters. The molecule has 2 heteroatoms. The highest BCUT2D eigenvalue weighted by molar-refractivity contribution is 5.76. The number of amides is 1. The molecule has 0 rings (SSSR count). The van der Waals surface area contributed by atoms with Gasteiger partial charge in [-0.3, -0.25) is 4.79 Å². The first kappa shape index (κ1) is 15.5. The number of rotatable bonds is 9. The zero-order valence-electron chi connectivity index (χ0n) is 11.5. The first-order valence-electron chi connectivity index (χ1n) is 6.85. The predicted molar refractivity (Wildman–Crippen MR) is 70.4 cm³/mol. The third-order valence-electron chi connectivity index (χ3n) is 2.96. The first-order valence-corrected chi connectivity index (χ1v) is 6.85. The minimum absolute atomic E-state index is 0.221. The molecule has 96 valence electrons. The molecule has 0 radical (unpaired) electrons. The van der Waals surface area contributed by atoms with Crippen LogP contribution in [0.5, 0.6) is 0 Å². The molecule has 0 bridgehead atoms. The maximum Gasteiger partial charge on any atom is 0.220 e. The molecule has 0 saturated carbocycles. The monoisotopic (exact) mass is 227 g/mol. The van der Waals surface area contributed by atoms with E-state index in [2.05, 4.69) is 33.0 Å². The summed E-state index contributed by atoms with van der Waals surface area (Å²) in [5.41, 5.74) is 0. The Kier molecular flexibility index (Phi) is 9.36. The van der Waals surface area contributed by atoms with Gasteiger partial charge >= 0.3 is 0 Å². The summed E-state index contributed by atoms with van der Waals surface area (Å²) in [6.45, 7) is 8.68. The van der Waals surface area contributed by atoms with E-state index in [-0.39, 0.29) is 5.91 Å². The van der Waals surface area contributed by atoms with Gasteiger partial charge in [0, 0.05) is 12.5 Å². The van der Waals surface area contributed by atoms with Crippen LogP contribution in [0.2, 0.25) is 0 Å². The third kappa shape index (κ3) is 10.0. The zero-order chi connectivity index (χ0) is 12.4. The molecule has 0 spiro atoms. The third-order valence-corrected chi connectivity index (χ3v) is 2.96. The molecule has 0 heterocycles. The van der Waals surface area contributed by atoms with Crippen LogP contribution in [-0.4, -0.2) is 11.9 Å². The molecule has 0 aromatic heterocycles. The van der Waals surface area contributed by atoms with Gasteiger partial charge in [0.1, 0.15) is 0 Å². The van der Waals surface area contributed by atoms with Crippen molar-refractivity contribution in [3.63, 3.8) is 0 Å². The summed E-state index contributed by atoms with van der Waals surface area (Å²) in [7, 11) is 0. The van der Waals surface area contributed by atoms with E-state index < -0.39 is 0 Å². The minimum atomic E-state index is 0.221. The Morgan fingerprint density at radius 2 is 1.69 bits per heavy atom. The van der Waals surface area contributed by atoms with Crippen LogP contribution in [0.3, 0.4) is 0 Å². The number of unbranched alkanes of at least 4 members (excludes halogenated alkanes) is 3. The highest BCUT2D eigenvalue weighted by atomic mass is 16.1. The van der Waals surface area contributed by atoms with Crippen LogP contribution >= 0.6 is 0 Å². The molecule has 1 amide bonds. The van der Waals surface area contributed by atoms with Gasteiger partial charge in [-0.05, 0) is 25.7 Å². The van der Waals surface area contributed by atoms with Crippen LogP contribution < -0.4 is 5.32 Å². The number of carbonyl (C=O) groups excluding carboxylic acids is 1. The highest BCUT2D eigenvalue weighted by Gasteiger charge is 2.04. The molecule has 0 aromatic carbocycles. The average Bonchev–Trinajstić information content (AvgIpc) is 2.22. The summed E-state index contributed by atoms with van der Waals surface area (Å²) in [6.07, 6.45) is 7.85. The van der Waals surface area contributed by atoms with Gasteiger partial charge < -0.3 is 5.32 Å². The molecule has 0 aliphatic carbocycles. The number of hydrogen-bond acceptors (Lipinski definition) is 1. The Hall–Kier alpha value is -0.530. The normalized spacial score (nSPS) is 12.8. The van der Waals surface area contributed by atoms with E-state index in [9.17, 15) is 4.79 Å². The van der Waals surface area contributed by atoms with Crippen molar-refractivity contribution in [2.75, 3.05) is 0 Å². The van der Waals surface area contributed by atoms with E-state index in [4.69, 9.17) is 0 Å². The zero-order valence-corrected chi connectivity index (χ0v) is 11.5. The van der Waals surface area contributed by atoms with E-state index in [0.29, 0.717) is 12.5 Å². The van der Waals surface area contributed by atoms with Crippen molar-refractivity contribution in [3.05, 3.63) is 0 Å². The second-order valence-corrected chi connectivity index (χ2v) is 5.22. The minimum Gasteiger partial charge on any atom is -0.354 e. The fraction of sp³-hybridized carbons (Fsp3) is 0.929. The van der Waals surface area contributed by atoms with E-state index >= 15 is 0 Å². The smallest absolute Gasteiger partial charge is 0.220 e. The second-order valence-electron chi connectivity index (χ2n) is 5.22. The van der Waals surface area contributed by atoms with Gasteiger partial charge in [0.25, 0.3) is 0 Å². The highest BCUT2D eigenvalue weighted by Crippen LogP contribution is 2.10. The molecule has 0 aliphatic heterocycles. The predicted octanol–water partition coefficient (Wildman–Crippen LogP) is 3.90. The lowest BCUT2D eigenvalue weighted by Gasteiger charge is -2.11. The molecule has 0 saturated heterocycles. The SMILES string of the molecule is CCC(C)NC(=O)CCCCCCC(C)C. The van der Waals surface area contributed by atoms with Gasteiger partial charge in [-0.25, -0.2) is 0 Å². The Morgan fingerprint density at radius 3 is 2.25 bits per heavy atom. The van der Waals surface area contributed by atoms with E-state index in [1.54, 1.807) is 0 Å². The molecule has 0 fully saturated rings. The molecule has 1 unspecified atom stereocenters. The van der Waals surface area contributed by atoms with Crippen LogP contribution in [0.15, 0.2) is 0 Å². The lowest BCUT2D eigenvalue weighted by molar-refractivity contribution is -0.121. The quantitative estimate of drug-likeness (QED) is 0.595. The van der Waals surface area contributed by atoms with Crippen molar-refractivity contribution in [1.82, 2.24) is 5.32 Å². The van der Waals surface area contributed by atoms with Crippen molar-refractivity contribution in [2.24, 2.45) is 5.92 Å². The van der Waals surface area contributed by atoms with Crippen molar-refractivity contribution in [2.45, 2.75) is 78.7 Å². The second kappa shape index (κ2) is 9.68. The molecule has 0 aromatic rings. The summed E-state index contributed by atoms with van der Waals surface area (Å²) >= 11 is 0. The standard InChI is InChI=1S/C14H29NO/c1-5-13(4)15-14(16)11-9-7-6-8-10-12(2)3/h12-13H,5-11H2,1-4H3,(H,15,16). The first-order chi connectivity index (χ1) is 7.56. The Morgan fingerprint density at radius 1 is 1.06 bits per heavy atom. The maximum absolute atomic E-state index is 11.4. The Balaban J connectivity index is 3.28. The Labute approximate surface area is 101 Å². The fourth-order valence-corrected chi connectivity index (χ4v) is 1.64. The molecule has 1 N–H and O–H groups in total. The molecule has 2 nitrogen and oxygen atoms in total. The maximum atomic E-state index is 11.4. The number of hydrogen-bond donors (Lipinski definition) is 1. The molecule has 16 heavy (non-hydrogen) atoms. The van der Waals surface area contributed by atoms with Crippen LogP contribution in [0.25, 0.3) is 0 Å². The van der Waals surface area contributed by atoms with E-state index in [1.807, 2.05) is 0 Å². The van der Waals surface area contributed by atoms with Gasteiger partial charge in [0.15, 0.2) is 0 Å². The molecular weight excluding hydrogens is 198 g/mol. The van der Waals surface area contributed by atoms with Crippen LogP contribution in [0.1, 0.15) is 72.6 Å². The summed E-state index contributed by atoms with van der Waals surface area (Å²) in [6, 6.07) is 0.327. The summed E-state index contributed by atoms with van der Waals surface area (Å²) in [5, 5.41) is 3.00. The lowest BCUT2D eigenvalue weighted by atomic mass is 10.0.